The summed E-state index contributed by atoms with van der Waals surface area (Å²) in [6, 6.07) is 0. The van der Waals surface area contributed by atoms with Crippen molar-refractivity contribution in [3.63, 3.8) is 0 Å². The van der Waals surface area contributed by atoms with E-state index >= 15 is 0 Å². The number of carbonyl (C=O) groups excluding carboxylic acids is 1. The topological polar surface area (TPSA) is 23.6 Å². The maximum absolute atomic E-state index is 12.2. The third-order valence-corrected chi connectivity index (χ3v) is 4.97. The summed E-state index contributed by atoms with van der Waals surface area (Å²) in [4.78, 5) is 16.7. The van der Waals surface area contributed by atoms with Gasteiger partial charge >= 0.3 is 0 Å². The molecule has 3 rings (SSSR count). The first kappa shape index (κ1) is 11.5. The molecule has 2 aliphatic heterocycles. The van der Waals surface area contributed by atoms with E-state index in [9.17, 15) is 4.79 Å². The first-order valence-corrected chi connectivity index (χ1v) is 7.11. The summed E-state index contributed by atoms with van der Waals surface area (Å²) in [5, 5.41) is 0. The molecule has 0 bridgehead atoms. The van der Waals surface area contributed by atoms with Crippen LogP contribution in [0.15, 0.2) is 0 Å². The van der Waals surface area contributed by atoms with E-state index in [1.807, 2.05) is 0 Å². The minimum absolute atomic E-state index is 0.429. The second kappa shape index (κ2) is 4.27. The molecule has 96 valence electrons. The molecular formula is C14H24N2O. The zero-order valence-electron chi connectivity index (χ0n) is 11.1. The minimum Gasteiger partial charge on any atom is -0.342 e. The summed E-state index contributed by atoms with van der Waals surface area (Å²) in [7, 11) is 2.19. The number of fused-ring (bicyclic) bond motifs is 1. The van der Waals surface area contributed by atoms with Crippen molar-refractivity contribution in [2.75, 3.05) is 33.2 Å². The van der Waals surface area contributed by atoms with Crippen LogP contribution in [0.25, 0.3) is 0 Å². The normalized spacial score (nSPS) is 41.4. The monoisotopic (exact) mass is 236 g/mol. The van der Waals surface area contributed by atoms with Gasteiger partial charge in [-0.2, -0.15) is 0 Å². The Morgan fingerprint density at radius 1 is 1.24 bits per heavy atom. The van der Waals surface area contributed by atoms with Crippen LogP contribution in [0.2, 0.25) is 0 Å². The average molecular weight is 236 g/mol. The van der Waals surface area contributed by atoms with E-state index < -0.39 is 0 Å². The Bertz CT molecular complexity index is 305. The van der Waals surface area contributed by atoms with E-state index in [0.29, 0.717) is 11.8 Å². The summed E-state index contributed by atoms with van der Waals surface area (Å²) >= 11 is 0. The molecule has 0 N–H and O–H groups in total. The molecule has 1 aliphatic carbocycles. The number of carbonyl (C=O) groups is 1. The third kappa shape index (κ3) is 2.22. The summed E-state index contributed by atoms with van der Waals surface area (Å²) < 4.78 is 0. The maximum Gasteiger partial charge on any atom is 0.222 e. The Kier molecular flexibility index (Phi) is 2.89. The van der Waals surface area contributed by atoms with Gasteiger partial charge in [-0.15, -0.1) is 0 Å². The van der Waals surface area contributed by atoms with E-state index in [0.717, 1.165) is 37.3 Å². The summed E-state index contributed by atoms with van der Waals surface area (Å²) in [6.45, 7) is 6.71. The van der Waals surface area contributed by atoms with E-state index in [-0.39, 0.29) is 0 Å². The Hall–Kier alpha value is -0.570. The number of nitrogens with zero attached hydrogens (tertiary/aromatic N) is 2. The van der Waals surface area contributed by atoms with Gasteiger partial charge < -0.3 is 9.80 Å². The molecule has 2 saturated heterocycles. The van der Waals surface area contributed by atoms with Crippen LogP contribution in [0.1, 0.15) is 26.2 Å². The molecule has 0 radical (unpaired) electrons. The second-order valence-electron chi connectivity index (χ2n) is 6.50. The largest absolute Gasteiger partial charge is 0.342 e. The summed E-state index contributed by atoms with van der Waals surface area (Å²) in [5.74, 6) is 3.53. The molecule has 0 aromatic carbocycles. The fraction of sp³-hybridized carbons (Fsp3) is 0.929. The quantitative estimate of drug-likeness (QED) is 0.724. The lowest BCUT2D eigenvalue weighted by Crippen LogP contribution is -2.39. The Morgan fingerprint density at radius 3 is 2.59 bits per heavy atom. The van der Waals surface area contributed by atoms with Gasteiger partial charge in [0, 0.05) is 32.6 Å². The highest BCUT2D eigenvalue weighted by Gasteiger charge is 2.55. The number of rotatable bonds is 2. The smallest absolute Gasteiger partial charge is 0.222 e. The van der Waals surface area contributed by atoms with Gasteiger partial charge in [0.2, 0.25) is 5.91 Å². The van der Waals surface area contributed by atoms with Crippen molar-refractivity contribution in [3.05, 3.63) is 0 Å². The predicted molar refractivity (Wildman–Crippen MR) is 67.6 cm³/mol. The maximum atomic E-state index is 12.2. The molecule has 1 amide bonds. The zero-order chi connectivity index (χ0) is 12.0. The molecule has 3 nitrogen and oxygen atoms in total. The molecule has 1 saturated carbocycles. The van der Waals surface area contributed by atoms with Crippen LogP contribution >= 0.6 is 0 Å². The van der Waals surface area contributed by atoms with Crippen LogP contribution in [0.5, 0.6) is 0 Å². The van der Waals surface area contributed by atoms with Gasteiger partial charge in [-0.25, -0.2) is 0 Å². The Morgan fingerprint density at radius 2 is 1.94 bits per heavy atom. The molecule has 0 aromatic rings. The lowest BCUT2D eigenvalue weighted by molar-refractivity contribution is -0.133. The van der Waals surface area contributed by atoms with Crippen molar-refractivity contribution < 1.29 is 4.79 Å². The molecule has 3 atom stereocenters. The molecule has 3 fully saturated rings. The molecule has 2 heterocycles. The fourth-order valence-electron chi connectivity index (χ4n) is 3.91. The summed E-state index contributed by atoms with van der Waals surface area (Å²) in [5.41, 5.74) is 0. The van der Waals surface area contributed by atoms with Gasteiger partial charge in [0.05, 0.1) is 0 Å². The van der Waals surface area contributed by atoms with Crippen molar-refractivity contribution in [2.24, 2.45) is 23.7 Å². The summed E-state index contributed by atoms with van der Waals surface area (Å²) in [6.07, 6.45) is 3.33. The van der Waals surface area contributed by atoms with E-state index in [1.54, 1.807) is 0 Å². The molecule has 3 heteroatoms. The van der Waals surface area contributed by atoms with Crippen LogP contribution in [-0.4, -0.2) is 48.9 Å². The highest BCUT2D eigenvalue weighted by Crippen LogP contribution is 2.53. The van der Waals surface area contributed by atoms with E-state index in [1.165, 1.54) is 25.9 Å². The van der Waals surface area contributed by atoms with Crippen molar-refractivity contribution in [3.8, 4) is 0 Å². The number of hydrogen-bond acceptors (Lipinski definition) is 2. The van der Waals surface area contributed by atoms with Gasteiger partial charge in [0.1, 0.15) is 0 Å². The van der Waals surface area contributed by atoms with Crippen molar-refractivity contribution in [1.29, 1.82) is 0 Å². The second-order valence-corrected chi connectivity index (χ2v) is 6.50. The molecule has 3 aliphatic rings. The Labute approximate surface area is 104 Å². The van der Waals surface area contributed by atoms with Crippen LogP contribution in [0.4, 0.5) is 0 Å². The van der Waals surface area contributed by atoms with Gasteiger partial charge in [-0.1, -0.05) is 6.92 Å². The van der Waals surface area contributed by atoms with Crippen molar-refractivity contribution >= 4 is 5.91 Å². The van der Waals surface area contributed by atoms with Crippen molar-refractivity contribution in [2.45, 2.75) is 26.2 Å². The molecule has 0 spiro atoms. The van der Waals surface area contributed by atoms with Crippen LogP contribution in [0.3, 0.4) is 0 Å². The van der Waals surface area contributed by atoms with Crippen LogP contribution < -0.4 is 0 Å². The third-order valence-electron chi connectivity index (χ3n) is 4.97. The van der Waals surface area contributed by atoms with Crippen molar-refractivity contribution in [1.82, 2.24) is 9.80 Å². The fourth-order valence-corrected chi connectivity index (χ4v) is 3.91. The Balaban J connectivity index is 1.48. The van der Waals surface area contributed by atoms with Crippen LogP contribution in [-0.2, 0) is 4.79 Å². The molecule has 3 unspecified atom stereocenters. The first-order valence-electron chi connectivity index (χ1n) is 7.11. The predicted octanol–water partition coefficient (Wildman–Crippen LogP) is 1.44. The number of likely N-dealkylation sites (tertiary alicyclic amines) is 2. The lowest BCUT2D eigenvalue weighted by atomic mass is 9.99. The van der Waals surface area contributed by atoms with E-state index in [2.05, 4.69) is 23.8 Å². The average Bonchev–Trinajstić information content (AvgIpc) is 2.74. The van der Waals surface area contributed by atoms with Gasteiger partial charge in [0.15, 0.2) is 0 Å². The van der Waals surface area contributed by atoms with Gasteiger partial charge in [-0.3, -0.25) is 4.79 Å². The number of hydrogen-bond donors (Lipinski definition) is 0. The van der Waals surface area contributed by atoms with Gasteiger partial charge in [-0.05, 0) is 43.6 Å². The molecular weight excluding hydrogens is 212 g/mol. The zero-order valence-corrected chi connectivity index (χ0v) is 11.1. The molecule has 0 aromatic heterocycles. The molecule has 17 heavy (non-hydrogen) atoms. The standard InChI is InChI=1S/C14H24N2O/c1-10-4-3-5-16(7-10)14(17)6-11-12-8-15(2)9-13(11)12/h10-13H,3-9H2,1-2H3. The minimum atomic E-state index is 0.429. The highest BCUT2D eigenvalue weighted by molar-refractivity contribution is 5.77. The van der Waals surface area contributed by atoms with Crippen LogP contribution in [0, 0.1) is 23.7 Å². The first-order chi connectivity index (χ1) is 8.15. The SMILES string of the molecule is CC1CCCN(C(=O)CC2C3CN(C)CC23)C1. The van der Waals surface area contributed by atoms with Gasteiger partial charge in [0.25, 0.3) is 0 Å². The number of piperidine rings is 2. The highest BCUT2D eigenvalue weighted by atomic mass is 16.2. The number of amides is 1. The van der Waals surface area contributed by atoms with E-state index in [4.69, 9.17) is 0 Å². The lowest BCUT2D eigenvalue weighted by Gasteiger charge is -2.31.